The molecule has 0 aliphatic heterocycles. The summed E-state index contributed by atoms with van der Waals surface area (Å²) in [5.74, 6) is -0.354. The summed E-state index contributed by atoms with van der Waals surface area (Å²) in [4.78, 5) is 27.2. The van der Waals surface area contributed by atoms with E-state index < -0.39 is 11.9 Å². The van der Waals surface area contributed by atoms with Crippen molar-refractivity contribution in [3.05, 3.63) is 23.9 Å². The lowest BCUT2D eigenvalue weighted by molar-refractivity contribution is -0.120. The number of carbonyl (C=O) groups is 2. The van der Waals surface area contributed by atoms with E-state index in [-0.39, 0.29) is 11.8 Å². The molecule has 0 saturated carbocycles. The van der Waals surface area contributed by atoms with Crippen LogP contribution in [0.5, 0.6) is 0 Å². The fourth-order valence-corrected chi connectivity index (χ4v) is 1.50. The van der Waals surface area contributed by atoms with Crippen molar-refractivity contribution in [2.24, 2.45) is 11.7 Å². The number of pyridine rings is 1. The molecule has 1 aromatic rings. The molecule has 0 radical (unpaired) electrons. The number of hydrogen-bond donors (Lipinski definition) is 3. The van der Waals surface area contributed by atoms with Crippen LogP contribution in [0.4, 0.5) is 5.82 Å². The normalized spacial score (nSPS) is 12.0. The quantitative estimate of drug-likeness (QED) is 0.703. The first-order valence-electron chi connectivity index (χ1n) is 5.69. The Morgan fingerprint density at radius 1 is 1.39 bits per heavy atom. The Bertz CT molecular complexity index is 445. The summed E-state index contributed by atoms with van der Waals surface area (Å²) in [5.41, 5.74) is 5.67. The fourth-order valence-electron chi connectivity index (χ4n) is 1.50. The van der Waals surface area contributed by atoms with Crippen LogP contribution < -0.4 is 16.4 Å². The first kappa shape index (κ1) is 14.0. The fraction of sp³-hybridized carbons (Fsp3) is 0.417. The minimum absolute atomic E-state index is 0.0583. The van der Waals surface area contributed by atoms with Crippen molar-refractivity contribution in [1.82, 2.24) is 10.3 Å². The Hall–Kier alpha value is -2.11. The number of hydrogen-bond acceptors (Lipinski definition) is 4. The van der Waals surface area contributed by atoms with Crippen molar-refractivity contribution >= 4 is 17.6 Å². The van der Waals surface area contributed by atoms with Crippen LogP contribution in [0.25, 0.3) is 0 Å². The number of amides is 2. The number of nitrogens with zero attached hydrogens (tertiary/aromatic N) is 1. The number of carbonyl (C=O) groups excluding carboxylic acids is 2. The first-order valence-corrected chi connectivity index (χ1v) is 5.69. The molecule has 0 fully saturated rings. The number of aromatic nitrogens is 1. The summed E-state index contributed by atoms with van der Waals surface area (Å²) in [7, 11) is 1.71. The molecule has 18 heavy (non-hydrogen) atoms. The lowest BCUT2D eigenvalue weighted by Gasteiger charge is -2.18. The van der Waals surface area contributed by atoms with E-state index >= 15 is 0 Å². The van der Waals surface area contributed by atoms with Gasteiger partial charge >= 0.3 is 0 Å². The van der Waals surface area contributed by atoms with Gasteiger partial charge in [0.1, 0.15) is 11.9 Å². The lowest BCUT2D eigenvalue weighted by atomic mass is 10.0. The summed E-state index contributed by atoms with van der Waals surface area (Å²) in [5, 5.41) is 5.45. The summed E-state index contributed by atoms with van der Waals surface area (Å²) in [6, 6.07) is 2.51. The summed E-state index contributed by atoms with van der Waals surface area (Å²) >= 11 is 0. The average Bonchev–Trinajstić information content (AvgIpc) is 2.34. The van der Waals surface area contributed by atoms with E-state index in [1.54, 1.807) is 19.2 Å². The molecule has 0 aliphatic rings. The van der Waals surface area contributed by atoms with Gasteiger partial charge in [0.25, 0.3) is 5.91 Å². The van der Waals surface area contributed by atoms with E-state index in [4.69, 9.17) is 5.73 Å². The number of nitrogens with one attached hydrogen (secondary N) is 2. The average molecular weight is 250 g/mol. The number of primary amides is 1. The highest BCUT2D eigenvalue weighted by molar-refractivity contribution is 5.97. The number of nitrogens with two attached hydrogens (primary N) is 1. The van der Waals surface area contributed by atoms with Crippen molar-refractivity contribution in [2.45, 2.75) is 19.9 Å². The summed E-state index contributed by atoms with van der Waals surface area (Å²) in [6.45, 7) is 3.64. The minimum atomic E-state index is -0.677. The van der Waals surface area contributed by atoms with Crippen LogP contribution >= 0.6 is 0 Å². The summed E-state index contributed by atoms with van der Waals surface area (Å²) in [6.07, 6.45) is 1.52. The molecule has 6 heteroatoms. The van der Waals surface area contributed by atoms with Gasteiger partial charge in [0.2, 0.25) is 5.91 Å². The van der Waals surface area contributed by atoms with Crippen molar-refractivity contribution in [3.8, 4) is 0 Å². The van der Waals surface area contributed by atoms with Crippen LogP contribution in [-0.2, 0) is 4.79 Å². The summed E-state index contributed by atoms with van der Waals surface area (Å²) < 4.78 is 0. The van der Waals surface area contributed by atoms with Crippen LogP contribution in [0.3, 0.4) is 0 Å². The molecule has 0 spiro atoms. The molecule has 0 bridgehead atoms. The molecule has 1 unspecified atom stereocenters. The van der Waals surface area contributed by atoms with Gasteiger partial charge in [-0.1, -0.05) is 13.8 Å². The highest BCUT2D eigenvalue weighted by atomic mass is 16.2. The monoisotopic (exact) mass is 250 g/mol. The Morgan fingerprint density at radius 2 is 2.06 bits per heavy atom. The Labute approximate surface area is 106 Å². The molecule has 6 nitrogen and oxygen atoms in total. The molecule has 1 rings (SSSR count). The third-order valence-electron chi connectivity index (χ3n) is 2.54. The molecule has 1 heterocycles. The third-order valence-corrected chi connectivity index (χ3v) is 2.54. The van der Waals surface area contributed by atoms with Gasteiger partial charge in [-0.05, 0) is 18.1 Å². The maximum Gasteiger partial charge on any atom is 0.252 e. The van der Waals surface area contributed by atoms with E-state index in [0.29, 0.717) is 11.4 Å². The third kappa shape index (κ3) is 3.44. The van der Waals surface area contributed by atoms with Crippen LogP contribution in [-0.4, -0.2) is 29.9 Å². The maximum absolute atomic E-state index is 12.0. The van der Waals surface area contributed by atoms with E-state index in [9.17, 15) is 9.59 Å². The molecular weight excluding hydrogens is 232 g/mol. The lowest BCUT2D eigenvalue weighted by Crippen LogP contribution is -2.47. The van der Waals surface area contributed by atoms with Crippen LogP contribution in [0, 0.1) is 5.92 Å². The zero-order valence-corrected chi connectivity index (χ0v) is 10.7. The van der Waals surface area contributed by atoms with Crippen molar-refractivity contribution in [1.29, 1.82) is 0 Å². The van der Waals surface area contributed by atoms with Gasteiger partial charge in [0.15, 0.2) is 0 Å². The highest BCUT2D eigenvalue weighted by Crippen LogP contribution is 2.08. The van der Waals surface area contributed by atoms with E-state index in [1.165, 1.54) is 6.20 Å². The Morgan fingerprint density at radius 3 is 2.56 bits per heavy atom. The van der Waals surface area contributed by atoms with Gasteiger partial charge in [-0.25, -0.2) is 4.98 Å². The van der Waals surface area contributed by atoms with Crippen molar-refractivity contribution < 1.29 is 9.59 Å². The maximum atomic E-state index is 12.0. The van der Waals surface area contributed by atoms with Gasteiger partial charge in [0.05, 0.1) is 0 Å². The first-order chi connectivity index (χ1) is 8.45. The Balaban J connectivity index is 2.83. The van der Waals surface area contributed by atoms with E-state index in [1.807, 2.05) is 13.8 Å². The highest BCUT2D eigenvalue weighted by Gasteiger charge is 2.22. The smallest absolute Gasteiger partial charge is 0.252 e. The van der Waals surface area contributed by atoms with Crippen molar-refractivity contribution in [2.75, 3.05) is 12.4 Å². The largest absolute Gasteiger partial charge is 0.373 e. The topological polar surface area (TPSA) is 97.1 Å². The number of anilines is 1. The predicted octanol–water partition coefficient (Wildman–Crippen LogP) is 0.363. The zero-order chi connectivity index (χ0) is 13.7. The molecule has 98 valence electrons. The second-order valence-electron chi connectivity index (χ2n) is 4.28. The van der Waals surface area contributed by atoms with Gasteiger partial charge in [-0.3, -0.25) is 9.59 Å². The van der Waals surface area contributed by atoms with Gasteiger partial charge in [-0.2, -0.15) is 0 Å². The molecule has 0 saturated heterocycles. The molecule has 2 amide bonds. The standard InChI is InChI=1S/C12H18N4O2/c1-7(2)10(11(13)17)16-12(18)8-4-5-15-9(6-8)14-3/h4-7,10H,1-3H3,(H2,13,17)(H,14,15)(H,16,18). The molecule has 0 aliphatic carbocycles. The van der Waals surface area contributed by atoms with Gasteiger partial charge in [0, 0.05) is 18.8 Å². The number of rotatable bonds is 5. The van der Waals surface area contributed by atoms with Crippen LogP contribution in [0.1, 0.15) is 24.2 Å². The molecule has 0 aromatic carbocycles. The second-order valence-corrected chi connectivity index (χ2v) is 4.28. The minimum Gasteiger partial charge on any atom is -0.373 e. The van der Waals surface area contributed by atoms with Gasteiger partial charge in [-0.15, -0.1) is 0 Å². The molecule has 4 N–H and O–H groups in total. The Kier molecular flexibility index (Phi) is 4.65. The van der Waals surface area contributed by atoms with E-state index in [2.05, 4.69) is 15.6 Å². The van der Waals surface area contributed by atoms with Crippen LogP contribution in [0.15, 0.2) is 18.3 Å². The predicted molar refractivity (Wildman–Crippen MR) is 69.1 cm³/mol. The molecular formula is C12H18N4O2. The van der Waals surface area contributed by atoms with E-state index in [0.717, 1.165) is 0 Å². The SMILES string of the molecule is CNc1cc(C(=O)NC(C(N)=O)C(C)C)ccn1. The van der Waals surface area contributed by atoms with Gasteiger partial charge < -0.3 is 16.4 Å². The van der Waals surface area contributed by atoms with Crippen molar-refractivity contribution in [3.63, 3.8) is 0 Å². The molecule has 1 atom stereocenters. The van der Waals surface area contributed by atoms with Crippen LogP contribution in [0.2, 0.25) is 0 Å². The zero-order valence-electron chi connectivity index (χ0n) is 10.7. The second kappa shape index (κ2) is 6.00. The molecule has 1 aromatic heterocycles.